The maximum absolute atomic E-state index is 13.1. The van der Waals surface area contributed by atoms with Gasteiger partial charge in [0.1, 0.15) is 12.6 Å². The SMILES string of the molecule is CCC(C)CN(CC(OC)OC)C(=O)C(C)NC(=O)CCNC(=O)OCC1c2ccccc2-c2ccccc21. The number of nitrogens with zero attached hydrogens (tertiary/aromatic N) is 1. The largest absolute Gasteiger partial charge is 0.449 e. The van der Waals surface area contributed by atoms with Gasteiger partial charge in [-0.25, -0.2) is 4.79 Å². The van der Waals surface area contributed by atoms with Crippen molar-refractivity contribution in [3.8, 4) is 11.1 Å². The number of ether oxygens (including phenoxy) is 3. The van der Waals surface area contributed by atoms with Crippen LogP contribution in [0.25, 0.3) is 11.1 Å². The van der Waals surface area contributed by atoms with E-state index in [9.17, 15) is 14.4 Å². The third-order valence-corrected chi connectivity index (χ3v) is 7.15. The Morgan fingerprint density at radius 3 is 2.08 bits per heavy atom. The fourth-order valence-corrected chi connectivity index (χ4v) is 4.76. The second-order valence-corrected chi connectivity index (χ2v) is 9.95. The molecule has 0 fully saturated rings. The van der Waals surface area contributed by atoms with Crippen molar-refractivity contribution >= 4 is 17.9 Å². The van der Waals surface area contributed by atoms with Crippen LogP contribution in [0.4, 0.5) is 4.79 Å². The van der Waals surface area contributed by atoms with Gasteiger partial charge >= 0.3 is 6.09 Å². The summed E-state index contributed by atoms with van der Waals surface area (Å²) in [6.07, 6.45) is -0.205. The quantitative estimate of drug-likeness (QED) is 0.353. The van der Waals surface area contributed by atoms with Gasteiger partial charge in [0.2, 0.25) is 11.8 Å². The summed E-state index contributed by atoms with van der Waals surface area (Å²) >= 11 is 0. The highest BCUT2D eigenvalue weighted by molar-refractivity contribution is 5.87. The topological polar surface area (TPSA) is 106 Å². The minimum absolute atomic E-state index is 0.0198. The first-order valence-corrected chi connectivity index (χ1v) is 13.5. The standard InChI is InChI=1S/C30H41N3O6/c1-6-20(2)17-33(18-28(37-4)38-5)29(35)21(3)32-27(34)15-16-31-30(36)39-19-26-24-13-9-7-11-22(24)23-12-8-10-14-25(23)26/h7-14,20-21,26,28H,6,15-19H2,1-5H3,(H,31,36)(H,32,34). The molecule has 0 radical (unpaired) electrons. The first-order valence-electron chi connectivity index (χ1n) is 13.5. The van der Waals surface area contributed by atoms with Crippen molar-refractivity contribution < 1.29 is 28.6 Å². The van der Waals surface area contributed by atoms with Gasteiger partial charge in [-0.3, -0.25) is 9.59 Å². The predicted octanol–water partition coefficient (Wildman–Crippen LogP) is 3.91. The smallest absolute Gasteiger partial charge is 0.407 e. The minimum atomic E-state index is -0.731. The van der Waals surface area contributed by atoms with Crippen molar-refractivity contribution in [3.63, 3.8) is 0 Å². The Balaban J connectivity index is 1.45. The number of rotatable bonds is 14. The number of methoxy groups -OCH3 is 2. The number of carbonyl (C=O) groups is 3. The predicted molar refractivity (Wildman–Crippen MR) is 149 cm³/mol. The third-order valence-electron chi connectivity index (χ3n) is 7.15. The van der Waals surface area contributed by atoms with E-state index in [0.29, 0.717) is 6.54 Å². The van der Waals surface area contributed by atoms with E-state index in [2.05, 4.69) is 48.7 Å². The summed E-state index contributed by atoms with van der Waals surface area (Å²) in [5.74, 6) is -0.305. The van der Waals surface area contributed by atoms with E-state index in [1.54, 1.807) is 11.8 Å². The first-order chi connectivity index (χ1) is 18.8. The summed E-state index contributed by atoms with van der Waals surface area (Å²) in [6.45, 7) is 6.86. The van der Waals surface area contributed by atoms with Gasteiger partial charge in [0.05, 0.1) is 6.54 Å². The minimum Gasteiger partial charge on any atom is -0.449 e. The van der Waals surface area contributed by atoms with Crippen LogP contribution < -0.4 is 10.6 Å². The number of nitrogens with one attached hydrogen (secondary N) is 2. The highest BCUT2D eigenvalue weighted by Gasteiger charge is 2.29. The molecule has 0 heterocycles. The summed E-state index contributed by atoms with van der Waals surface area (Å²) in [4.78, 5) is 39.6. The van der Waals surface area contributed by atoms with E-state index in [1.165, 1.54) is 14.2 Å². The zero-order valence-electron chi connectivity index (χ0n) is 23.6. The summed E-state index contributed by atoms with van der Waals surface area (Å²) in [5.41, 5.74) is 4.58. The molecule has 2 atom stereocenters. The zero-order valence-corrected chi connectivity index (χ0v) is 23.6. The Kier molecular flexibility index (Phi) is 11.3. The molecular weight excluding hydrogens is 498 g/mol. The number of carbonyl (C=O) groups excluding carboxylic acids is 3. The van der Waals surface area contributed by atoms with Crippen LogP contribution in [-0.2, 0) is 23.8 Å². The Hall–Kier alpha value is -3.43. The van der Waals surface area contributed by atoms with Crippen LogP contribution in [-0.4, -0.2) is 75.6 Å². The van der Waals surface area contributed by atoms with Gasteiger partial charge in [0.15, 0.2) is 6.29 Å². The Bertz CT molecular complexity index is 1070. The Labute approximate surface area is 231 Å². The molecule has 212 valence electrons. The lowest BCUT2D eigenvalue weighted by atomic mass is 9.98. The Morgan fingerprint density at radius 2 is 1.51 bits per heavy atom. The lowest BCUT2D eigenvalue weighted by Gasteiger charge is -2.30. The molecule has 2 N–H and O–H groups in total. The van der Waals surface area contributed by atoms with Gasteiger partial charge in [-0.15, -0.1) is 0 Å². The summed E-state index contributed by atoms with van der Waals surface area (Å²) in [5, 5.41) is 5.36. The van der Waals surface area contributed by atoms with Crippen LogP contribution in [0.5, 0.6) is 0 Å². The molecule has 3 amide bonds. The van der Waals surface area contributed by atoms with Crippen LogP contribution in [0.2, 0.25) is 0 Å². The first kappa shape index (κ1) is 30.1. The van der Waals surface area contributed by atoms with E-state index >= 15 is 0 Å². The van der Waals surface area contributed by atoms with Crippen molar-refractivity contribution in [2.24, 2.45) is 5.92 Å². The van der Waals surface area contributed by atoms with Crippen molar-refractivity contribution in [1.29, 1.82) is 0 Å². The van der Waals surface area contributed by atoms with E-state index in [0.717, 1.165) is 28.7 Å². The molecule has 39 heavy (non-hydrogen) atoms. The molecule has 3 rings (SSSR count). The fraction of sp³-hybridized carbons (Fsp3) is 0.500. The van der Waals surface area contributed by atoms with E-state index in [4.69, 9.17) is 14.2 Å². The van der Waals surface area contributed by atoms with E-state index in [-0.39, 0.29) is 49.8 Å². The van der Waals surface area contributed by atoms with Crippen molar-refractivity contribution in [2.45, 2.75) is 51.9 Å². The van der Waals surface area contributed by atoms with Gasteiger partial charge in [0.25, 0.3) is 0 Å². The molecule has 0 saturated carbocycles. The molecule has 0 saturated heterocycles. The highest BCUT2D eigenvalue weighted by Crippen LogP contribution is 2.44. The summed E-state index contributed by atoms with van der Waals surface area (Å²) in [6, 6.07) is 15.5. The molecule has 0 spiro atoms. The molecule has 9 heteroatoms. The van der Waals surface area contributed by atoms with Gasteiger partial charge in [-0.2, -0.15) is 0 Å². The maximum atomic E-state index is 13.1. The van der Waals surface area contributed by atoms with Gasteiger partial charge in [-0.05, 0) is 35.1 Å². The molecule has 2 unspecified atom stereocenters. The van der Waals surface area contributed by atoms with Crippen molar-refractivity contribution in [3.05, 3.63) is 59.7 Å². The van der Waals surface area contributed by atoms with Crippen LogP contribution in [0.1, 0.15) is 50.7 Å². The molecule has 9 nitrogen and oxygen atoms in total. The number of benzene rings is 2. The molecule has 2 aromatic rings. The number of amides is 3. The highest BCUT2D eigenvalue weighted by atomic mass is 16.7. The molecule has 1 aliphatic rings. The molecule has 0 bridgehead atoms. The number of hydrogen-bond donors (Lipinski definition) is 2. The second-order valence-electron chi connectivity index (χ2n) is 9.95. The number of hydrogen-bond acceptors (Lipinski definition) is 6. The number of alkyl carbamates (subject to hydrolysis) is 1. The second kappa shape index (κ2) is 14.6. The van der Waals surface area contributed by atoms with Crippen molar-refractivity contribution in [2.75, 3.05) is 40.5 Å². The van der Waals surface area contributed by atoms with E-state index < -0.39 is 18.4 Å². The molecular formula is C30H41N3O6. The average molecular weight is 540 g/mol. The maximum Gasteiger partial charge on any atom is 0.407 e. The Morgan fingerprint density at radius 1 is 0.923 bits per heavy atom. The van der Waals surface area contributed by atoms with Gasteiger partial charge in [-0.1, -0.05) is 68.8 Å². The third kappa shape index (κ3) is 8.03. The molecule has 1 aliphatic carbocycles. The lowest BCUT2D eigenvalue weighted by Crippen LogP contribution is -2.50. The fourth-order valence-electron chi connectivity index (χ4n) is 4.76. The molecule has 0 aliphatic heterocycles. The average Bonchev–Trinajstić information content (AvgIpc) is 3.27. The summed E-state index contributed by atoms with van der Waals surface area (Å²) in [7, 11) is 3.05. The van der Waals surface area contributed by atoms with Gasteiger partial charge < -0.3 is 29.7 Å². The van der Waals surface area contributed by atoms with Crippen molar-refractivity contribution in [1.82, 2.24) is 15.5 Å². The molecule has 2 aromatic carbocycles. The van der Waals surface area contributed by atoms with E-state index in [1.807, 2.05) is 24.3 Å². The molecule has 0 aromatic heterocycles. The monoisotopic (exact) mass is 539 g/mol. The normalized spacial score (nSPS) is 13.8. The summed E-state index contributed by atoms with van der Waals surface area (Å²) < 4.78 is 16.0. The lowest BCUT2D eigenvalue weighted by molar-refractivity contribution is -0.148. The van der Waals surface area contributed by atoms with Crippen LogP contribution in [0, 0.1) is 5.92 Å². The van der Waals surface area contributed by atoms with Crippen LogP contribution in [0.3, 0.4) is 0 Å². The zero-order chi connectivity index (χ0) is 28.4. The van der Waals surface area contributed by atoms with Crippen LogP contribution >= 0.6 is 0 Å². The number of fused-ring (bicyclic) bond motifs is 3. The van der Waals surface area contributed by atoms with Crippen LogP contribution in [0.15, 0.2) is 48.5 Å². The van der Waals surface area contributed by atoms with Gasteiger partial charge in [0, 0.05) is 39.6 Å².